The van der Waals surface area contributed by atoms with Crippen LogP contribution in [0.4, 0.5) is 5.69 Å². The second kappa shape index (κ2) is 5.67. The zero-order valence-electron chi connectivity index (χ0n) is 9.10. The number of anilines is 1. The van der Waals surface area contributed by atoms with Gasteiger partial charge in [0.1, 0.15) is 0 Å². The molecule has 4 nitrogen and oxygen atoms in total. The molecule has 0 unspecified atom stereocenters. The molecule has 0 saturated carbocycles. The summed E-state index contributed by atoms with van der Waals surface area (Å²) in [5, 5.41) is 5.41. The third-order valence-electron chi connectivity index (χ3n) is 2.39. The maximum absolute atomic E-state index is 5.79. The van der Waals surface area contributed by atoms with Crippen LogP contribution < -0.4 is 11.1 Å². The van der Waals surface area contributed by atoms with Gasteiger partial charge in [-0.25, -0.2) is 4.98 Å². The number of nitrogen functional groups attached to an aromatic ring is 1. The molecule has 0 aliphatic rings. The van der Waals surface area contributed by atoms with Crippen molar-refractivity contribution in [2.45, 2.75) is 19.5 Å². The van der Waals surface area contributed by atoms with Gasteiger partial charge < -0.3 is 15.6 Å². The van der Waals surface area contributed by atoms with Crippen molar-refractivity contribution >= 4 is 17.0 Å². The van der Waals surface area contributed by atoms with Crippen molar-refractivity contribution in [2.24, 2.45) is 0 Å². The van der Waals surface area contributed by atoms with Gasteiger partial charge in [0, 0.05) is 36.0 Å². The predicted molar refractivity (Wildman–Crippen MR) is 67.3 cm³/mol. The van der Waals surface area contributed by atoms with E-state index in [9.17, 15) is 0 Å². The van der Waals surface area contributed by atoms with E-state index in [0.29, 0.717) is 0 Å². The number of rotatable bonds is 6. The second-order valence-electron chi connectivity index (χ2n) is 3.63. The molecule has 2 heterocycles. The number of hydrogen-bond donors (Lipinski definition) is 2. The van der Waals surface area contributed by atoms with Gasteiger partial charge in [-0.05, 0) is 24.4 Å². The molecule has 2 aromatic rings. The van der Waals surface area contributed by atoms with Crippen molar-refractivity contribution in [3.8, 4) is 0 Å². The summed E-state index contributed by atoms with van der Waals surface area (Å²) in [6, 6.07) is 1.95. The maximum Gasteiger partial charge on any atom is 0.0945 e. The van der Waals surface area contributed by atoms with Crippen molar-refractivity contribution in [3.05, 3.63) is 35.0 Å². The lowest BCUT2D eigenvalue weighted by atomic mass is 10.3. The fourth-order valence-electron chi connectivity index (χ4n) is 1.50. The van der Waals surface area contributed by atoms with Crippen molar-refractivity contribution in [1.82, 2.24) is 14.9 Å². The third-order valence-corrected chi connectivity index (χ3v) is 3.33. The van der Waals surface area contributed by atoms with Crippen LogP contribution in [-0.4, -0.2) is 16.1 Å². The van der Waals surface area contributed by atoms with Gasteiger partial charge in [0.25, 0.3) is 0 Å². The van der Waals surface area contributed by atoms with E-state index in [2.05, 4.69) is 14.9 Å². The molecule has 0 aromatic carbocycles. The lowest BCUT2D eigenvalue weighted by molar-refractivity contribution is 0.583. The van der Waals surface area contributed by atoms with Gasteiger partial charge in [0.05, 0.1) is 6.33 Å². The quantitative estimate of drug-likeness (QED) is 0.751. The maximum atomic E-state index is 5.79. The minimum absolute atomic E-state index is 0.868. The molecule has 0 aliphatic carbocycles. The fourth-order valence-corrected chi connectivity index (χ4v) is 2.27. The monoisotopic (exact) mass is 236 g/mol. The first kappa shape index (κ1) is 11.2. The topological polar surface area (TPSA) is 55.9 Å². The molecule has 2 aromatic heterocycles. The van der Waals surface area contributed by atoms with Crippen LogP contribution >= 0.6 is 11.3 Å². The van der Waals surface area contributed by atoms with Gasteiger partial charge in [-0.1, -0.05) is 0 Å². The Balaban J connectivity index is 1.61. The van der Waals surface area contributed by atoms with Crippen LogP contribution in [0.25, 0.3) is 0 Å². The van der Waals surface area contributed by atoms with Crippen LogP contribution in [0.3, 0.4) is 0 Å². The Morgan fingerprint density at radius 2 is 2.44 bits per heavy atom. The van der Waals surface area contributed by atoms with Crippen molar-refractivity contribution in [2.75, 3.05) is 12.3 Å². The van der Waals surface area contributed by atoms with E-state index in [4.69, 9.17) is 5.73 Å². The van der Waals surface area contributed by atoms with Crippen LogP contribution in [0.2, 0.25) is 0 Å². The van der Waals surface area contributed by atoms with Crippen molar-refractivity contribution in [1.29, 1.82) is 0 Å². The molecule has 0 amide bonds. The average Bonchev–Trinajstić information content (AvgIpc) is 2.90. The molecule has 0 spiro atoms. The molecular formula is C11H16N4S. The summed E-state index contributed by atoms with van der Waals surface area (Å²) in [5.74, 6) is 0. The molecule has 16 heavy (non-hydrogen) atoms. The van der Waals surface area contributed by atoms with Gasteiger partial charge >= 0.3 is 0 Å². The summed E-state index contributed by atoms with van der Waals surface area (Å²) in [4.78, 5) is 5.23. The normalized spacial score (nSPS) is 10.8. The number of nitrogens with one attached hydrogen (secondary N) is 1. The molecule has 0 atom stereocenters. The summed E-state index contributed by atoms with van der Waals surface area (Å²) in [7, 11) is 0. The first-order chi connectivity index (χ1) is 7.86. The fraction of sp³-hybridized carbons (Fsp3) is 0.364. The predicted octanol–water partition coefficient (Wildman–Crippen LogP) is 1.71. The molecule has 86 valence electrons. The molecule has 3 N–H and O–H groups in total. The number of imidazole rings is 1. The highest BCUT2D eigenvalue weighted by molar-refractivity contribution is 7.10. The molecule has 0 bridgehead atoms. The average molecular weight is 236 g/mol. The van der Waals surface area contributed by atoms with E-state index in [1.165, 1.54) is 4.88 Å². The Kier molecular flexibility index (Phi) is 3.96. The Morgan fingerprint density at radius 1 is 1.50 bits per heavy atom. The van der Waals surface area contributed by atoms with Gasteiger partial charge in [0.2, 0.25) is 0 Å². The Labute approximate surface area is 99.1 Å². The number of aromatic nitrogens is 2. The number of thiophene rings is 1. The molecule has 0 fully saturated rings. The number of hydrogen-bond acceptors (Lipinski definition) is 4. The standard InChI is InChI=1S/C11H16N4S/c12-10-2-7-16-11(10)8-13-3-1-5-15-6-4-14-9-15/h2,4,6-7,9,13H,1,3,5,8,12H2. The van der Waals surface area contributed by atoms with Crippen LogP contribution in [0.5, 0.6) is 0 Å². The summed E-state index contributed by atoms with van der Waals surface area (Å²) >= 11 is 1.70. The lowest BCUT2D eigenvalue weighted by Crippen LogP contribution is -2.16. The van der Waals surface area contributed by atoms with E-state index >= 15 is 0 Å². The largest absolute Gasteiger partial charge is 0.398 e. The van der Waals surface area contributed by atoms with Gasteiger partial charge in [-0.3, -0.25) is 0 Å². The van der Waals surface area contributed by atoms with Crippen molar-refractivity contribution in [3.63, 3.8) is 0 Å². The minimum atomic E-state index is 0.868. The van der Waals surface area contributed by atoms with E-state index < -0.39 is 0 Å². The number of aryl methyl sites for hydroxylation is 1. The lowest BCUT2D eigenvalue weighted by Gasteiger charge is -2.04. The zero-order valence-corrected chi connectivity index (χ0v) is 9.91. The highest BCUT2D eigenvalue weighted by Crippen LogP contribution is 2.17. The molecule has 0 radical (unpaired) electrons. The zero-order chi connectivity index (χ0) is 11.2. The number of nitrogens with zero attached hydrogens (tertiary/aromatic N) is 2. The molecule has 5 heteroatoms. The van der Waals surface area contributed by atoms with E-state index in [0.717, 1.165) is 31.7 Å². The summed E-state index contributed by atoms with van der Waals surface area (Å²) in [6.45, 7) is 2.87. The summed E-state index contributed by atoms with van der Waals surface area (Å²) in [5.41, 5.74) is 6.69. The van der Waals surface area contributed by atoms with E-state index in [-0.39, 0.29) is 0 Å². The highest BCUT2D eigenvalue weighted by atomic mass is 32.1. The van der Waals surface area contributed by atoms with Gasteiger partial charge in [-0.15, -0.1) is 11.3 Å². The molecule has 2 rings (SSSR count). The SMILES string of the molecule is Nc1ccsc1CNCCCn1ccnc1. The van der Waals surface area contributed by atoms with E-state index in [1.54, 1.807) is 17.5 Å². The van der Waals surface area contributed by atoms with Gasteiger partial charge in [0.15, 0.2) is 0 Å². The minimum Gasteiger partial charge on any atom is -0.398 e. The van der Waals surface area contributed by atoms with Crippen LogP contribution in [0.15, 0.2) is 30.2 Å². The van der Waals surface area contributed by atoms with Crippen LogP contribution in [0, 0.1) is 0 Å². The second-order valence-corrected chi connectivity index (χ2v) is 4.63. The Hall–Kier alpha value is -1.33. The van der Waals surface area contributed by atoms with Crippen LogP contribution in [0.1, 0.15) is 11.3 Å². The molecule has 0 saturated heterocycles. The highest BCUT2D eigenvalue weighted by Gasteiger charge is 1.98. The van der Waals surface area contributed by atoms with Crippen LogP contribution in [-0.2, 0) is 13.1 Å². The molecule has 0 aliphatic heterocycles. The molecular weight excluding hydrogens is 220 g/mol. The Morgan fingerprint density at radius 3 is 3.12 bits per heavy atom. The Bertz CT molecular complexity index is 407. The third kappa shape index (κ3) is 3.08. The summed E-state index contributed by atoms with van der Waals surface area (Å²) in [6.07, 6.45) is 6.73. The smallest absolute Gasteiger partial charge is 0.0945 e. The summed E-state index contributed by atoms with van der Waals surface area (Å²) < 4.78 is 2.08. The van der Waals surface area contributed by atoms with Gasteiger partial charge in [-0.2, -0.15) is 0 Å². The van der Waals surface area contributed by atoms with E-state index in [1.807, 2.05) is 24.0 Å². The van der Waals surface area contributed by atoms with Crippen molar-refractivity contribution < 1.29 is 0 Å². The number of nitrogens with two attached hydrogens (primary N) is 1. The first-order valence-electron chi connectivity index (χ1n) is 5.34. The first-order valence-corrected chi connectivity index (χ1v) is 6.22.